The van der Waals surface area contributed by atoms with Crippen molar-refractivity contribution in [3.63, 3.8) is 0 Å². The van der Waals surface area contributed by atoms with Crippen LogP contribution in [0.15, 0.2) is 155 Å². The molecule has 48 heavy (non-hydrogen) atoms. The molecule has 0 heterocycles. The molecule has 0 spiro atoms. The third kappa shape index (κ3) is 8.26. The average Bonchev–Trinajstić information content (AvgIpc) is 3.08. The average molecular weight is 659 g/mol. The number of anilines is 4. The van der Waals surface area contributed by atoms with Gasteiger partial charge < -0.3 is 32.4 Å². The standard InChI is InChI=1S/C24H20N2O4S.C15H18N2/c25-17-1-5-19(6-2-17)29-21-9-13-23(14-10-21)31(27,28)24-15-11-22(12-16-24)30-20-7-3-18(26)4-8-20;1-15(2,11-6-8-13(16)9-7-11)12-4-3-5-14(17)10-12/h1-16H,25-26H2;3-10H,16-17H2,1-2H3. The van der Waals surface area contributed by atoms with Crippen molar-refractivity contribution in [2.75, 3.05) is 22.9 Å². The highest BCUT2D eigenvalue weighted by molar-refractivity contribution is 7.91. The van der Waals surface area contributed by atoms with Gasteiger partial charge in [0.25, 0.3) is 0 Å². The highest BCUT2D eigenvalue weighted by atomic mass is 32.2. The maximum atomic E-state index is 12.9. The lowest BCUT2D eigenvalue weighted by molar-refractivity contribution is 0.482. The van der Waals surface area contributed by atoms with E-state index in [2.05, 4.69) is 32.0 Å². The molecule has 0 saturated heterocycles. The zero-order chi connectivity index (χ0) is 34.3. The molecule has 0 aliphatic heterocycles. The molecule has 244 valence electrons. The fourth-order valence-corrected chi connectivity index (χ4v) is 6.11. The molecule has 0 bridgehead atoms. The van der Waals surface area contributed by atoms with E-state index >= 15 is 0 Å². The van der Waals surface area contributed by atoms with Gasteiger partial charge in [0.1, 0.15) is 23.0 Å². The topological polar surface area (TPSA) is 157 Å². The third-order valence-electron chi connectivity index (χ3n) is 7.74. The minimum absolute atomic E-state index is 0.0664. The van der Waals surface area contributed by atoms with Crippen molar-refractivity contribution in [3.8, 4) is 23.0 Å². The van der Waals surface area contributed by atoms with Crippen LogP contribution >= 0.6 is 0 Å². The molecule has 0 aliphatic rings. The summed E-state index contributed by atoms with van der Waals surface area (Å²) in [5.74, 6) is 2.27. The third-order valence-corrected chi connectivity index (χ3v) is 9.53. The molecule has 0 radical (unpaired) electrons. The Kier molecular flexibility index (Phi) is 9.91. The maximum Gasteiger partial charge on any atom is 0.206 e. The minimum Gasteiger partial charge on any atom is -0.457 e. The molecule has 0 aromatic heterocycles. The number of hydrogen-bond acceptors (Lipinski definition) is 8. The van der Waals surface area contributed by atoms with Gasteiger partial charge in [0.15, 0.2) is 0 Å². The number of rotatable bonds is 8. The van der Waals surface area contributed by atoms with Crippen LogP contribution in [0.4, 0.5) is 22.7 Å². The van der Waals surface area contributed by atoms with Crippen LogP contribution in [0.5, 0.6) is 23.0 Å². The van der Waals surface area contributed by atoms with E-state index in [1.807, 2.05) is 30.3 Å². The number of nitrogens with two attached hydrogens (primary N) is 4. The van der Waals surface area contributed by atoms with E-state index in [4.69, 9.17) is 32.4 Å². The van der Waals surface area contributed by atoms with Crippen molar-refractivity contribution in [2.45, 2.75) is 29.1 Å². The van der Waals surface area contributed by atoms with Crippen LogP contribution in [0.3, 0.4) is 0 Å². The predicted octanol–water partition coefficient (Wildman–Crippen LogP) is 8.45. The molecule has 0 aliphatic carbocycles. The molecule has 0 atom stereocenters. The Hall–Kier alpha value is -5.93. The van der Waals surface area contributed by atoms with Gasteiger partial charge in [-0.2, -0.15) is 0 Å². The van der Waals surface area contributed by atoms with Crippen LogP contribution in [0.1, 0.15) is 25.0 Å². The SMILES string of the molecule is CC(C)(c1ccc(N)cc1)c1cccc(N)c1.Nc1ccc(Oc2ccc(S(=O)(=O)c3ccc(Oc4ccc(N)cc4)cc3)cc2)cc1. The summed E-state index contributed by atoms with van der Waals surface area (Å²) in [6, 6.07) is 42.4. The summed E-state index contributed by atoms with van der Waals surface area (Å²) in [5.41, 5.74) is 28.1. The van der Waals surface area contributed by atoms with Crippen LogP contribution in [0, 0.1) is 0 Å². The lowest BCUT2D eigenvalue weighted by Crippen LogP contribution is -2.19. The second kappa shape index (κ2) is 14.2. The number of sulfone groups is 1. The molecule has 0 amide bonds. The lowest BCUT2D eigenvalue weighted by Gasteiger charge is -2.26. The molecule has 8 nitrogen and oxygen atoms in total. The van der Waals surface area contributed by atoms with E-state index in [-0.39, 0.29) is 15.2 Å². The Bertz CT molecular complexity index is 1970. The lowest BCUT2D eigenvalue weighted by atomic mass is 9.78. The van der Waals surface area contributed by atoms with Crippen molar-refractivity contribution in [3.05, 3.63) is 157 Å². The number of nitrogen functional groups attached to an aromatic ring is 4. The molecule has 6 rings (SSSR count). The largest absolute Gasteiger partial charge is 0.457 e. The van der Waals surface area contributed by atoms with E-state index in [1.165, 1.54) is 35.4 Å². The van der Waals surface area contributed by atoms with Gasteiger partial charge in [0.05, 0.1) is 9.79 Å². The zero-order valence-corrected chi connectivity index (χ0v) is 27.5. The summed E-state index contributed by atoms with van der Waals surface area (Å²) in [5, 5.41) is 0. The van der Waals surface area contributed by atoms with E-state index in [1.54, 1.807) is 72.8 Å². The highest BCUT2D eigenvalue weighted by Gasteiger charge is 2.23. The molecule has 6 aromatic rings. The van der Waals surface area contributed by atoms with Gasteiger partial charge in [-0.1, -0.05) is 38.1 Å². The molecule has 0 saturated carbocycles. The monoisotopic (exact) mass is 658 g/mol. The van der Waals surface area contributed by atoms with E-state index in [0.29, 0.717) is 34.4 Å². The van der Waals surface area contributed by atoms with Crippen molar-refractivity contribution >= 4 is 32.6 Å². The first-order valence-electron chi connectivity index (χ1n) is 15.1. The number of hydrogen-bond donors (Lipinski definition) is 4. The van der Waals surface area contributed by atoms with Crippen LogP contribution < -0.4 is 32.4 Å². The van der Waals surface area contributed by atoms with Gasteiger partial charge >= 0.3 is 0 Å². The predicted molar refractivity (Wildman–Crippen MR) is 194 cm³/mol. The summed E-state index contributed by atoms with van der Waals surface area (Å²) in [6.45, 7) is 4.38. The van der Waals surface area contributed by atoms with Gasteiger partial charge in [-0.25, -0.2) is 8.42 Å². The summed E-state index contributed by atoms with van der Waals surface area (Å²) in [6.07, 6.45) is 0. The quantitative estimate of drug-likeness (QED) is 0.119. The second-order valence-corrected chi connectivity index (χ2v) is 13.6. The Morgan fingerprint density at radius 1 is 0.438 bits per heavy atom. The molecular weight excluding hydrogens is 621 g/mol. The highest BCUT2D eigenvalue weighted by Crippen LogP contribution is 2.33. The first-order valence-corrected chi connectivity index (χ1v) is 16.6. The normalized spacial score (nSPS) is 11.2. The van der Waals surface area contributed by atoms with E-state index < -0.39 is 9.84 Å². The summed E-state index contributed by atoms with van der Waals surface area (Å²) in [4.78, 5) is 0.341. The zero-order valence-electron chi connectivity index (χ0n) is 26.7. The first kappa shape index (κ1) is 33.4. The van der Waals surface area contributed by atoms with Crippen LogP contribution in [0.25, 0.3) is 0 Å². The van der Waals surface area contributed by atoms with Crippen LogP contribution in [-0.4, -0.2) is 8.42 Å². The number of benzene rings is 6. The fraction of sp³-hybridized carbons (Fsp3) is 0.0769. The van der Waals surface area contributed by atoms with Crippen molar-refractivity contribution in [1.29, 1.82) is 0 Å². The fourth-order valence-electron chi connectivity index (χ4n) is 4.85. The Labute approximate surface area is 281 Å². The molecule has 6 aromatic carbocycles. The van der Waals surface area contributed by atoms with Crippen molar-refractivity contribution < 1.29 is 17.9 Å². The molecule has 0 unspecified atom stereocenters. The van der Waals surface area contributed by atoms with Crippen molar-refractivity contribution in [1.82, 2.24) is 0 Å². The molecule has 9 heteroatoms. The summed E-state index contributed by atoms with van der Waals surface area (Å²) in [7, 11) is -3.67. The van der Waals surface area contributed by atoms with Gasteiger partial charge in [-0.3, -0.25) is 0 Å². The van der Waals surface area contributed by atoms with Crippen molar-refractivity contribution in [2.24, 2.45) is 0 Å². The molecule has 8 N–H and O–H groups in total. The Morgan fingerprint density at radius 3 is 1.17 bits per heavy atom. The number of ether oxygens (including phenoxy) is 2. The summed E-state index contributed by atoms with van der Waals surface area (Å²) < 4.78 is 37.3. The van der Waals surface area contributed by atoms with Gasteiger partial charge in [0.2, 0.25) is 9.84 Å². The Morgan fingerprint density at radius 2 is 0.792 bits per heavy atom. The second-order valence-electron chi connectivity index (χ2n) is 11.7. The van der Waals surface area contributed by atoms with Gasteiger partial charge in [-0.15, -0.1) is 0 Å². The van der Waals surface area contributed by atoms with Crippen LogP contribution in [0.2, 0.25) is 0 Å². The Balaban J connectivity index is 0.000000224. The smallest absolute Gasteiger partial charge is 0.206 e. The van der Waals surface area contributed by atoms with Gasteiger partial charge in [-0.05, 0) is 132 Å². The van der Waals surface area contributed by atoms with Crippen LogP contribution in [-0.2, 0) is 15.3 Å². The summed E-state index contributed by atoms with van der Waals surface area (Å²) >= 11 is 0. The maximum absolute atomic E-state index is 12.9. The van der Waals surface area contributed by atoms with Gasteiger partial charge in [0, 0.05) is 28.2 Å². The molecular formula is C39H38N4O4S. The molecule has 0 fully saturated rings. The first-order chi connectivity index (χ1) is 22.9. The minimum atomic E-state index is -3.67. The van der Waals surface area contributed by atoms with E-state index in [0.717, 1.165) is 11.4 Å². The van der Waals surface area contributed by atoms with E-state index in [9.17, 15) is 8.42 Å².